The zero-order valence-electron chi connectivity index (χ0n) is 18.8. The van der Waals surface area contributed by atoms with Crippen LogP contribution in [0.5, 0.6) is 5.75 Å². The van der Waals surface area contributed by atoms with Crippen LogP contribution in [0.2, 0.25) is 5.02 Å². The molecule has 10 heteroatoms. The quantitative estimate of drug-likeness (QED) is 0.448. The fourth-order valence-electron chi connectivity index (χ4n) is 3.73. The molecule has 3 aromatic carbocycles. The number of amides is 1. The van der Waals surface area contributed by atoms with Crippen molar-refractivity contribution in [1.82, 2.24) is 4.31 Å². The fraction of sp³-hybridized carbons (Fsp3) is 0.200. The molecule has 0 bridgehead atoms. The number of fused-ring (bicyclic) bond motifs is 1. The number of esters is 1. The molecule has 1 aliphatic rings. The number of para-hydroxylation sites is 2. The van der Waals surface area contributed by atoms with Crippen molar-refractivity contribution >= 4 is 39.2 Å². The van der Waals surface area contributed by atoms with Gasteiger partial charge in [-0.25, -0.2) is 13.2 Å². The summed E-state index contributed by atoms with van der Waals surface area (Å²) in [6.45, 7) is -0.589. The van der Waals surface area contributed by atoms with E-state index in [-0.39, 0.29) is 18.0 Å². The first kappa shape index (κ1) is 24.7. The van der Waals surface area contributed by atoms with Crippen molar-refractivity contribution in [3.8, 4) is 5.75 Å². The van der Waals surface area contributed by atoms with Crippen LogP contribution in [0.4, 0.5) is 5.69 Å². The van der Waals surface area contributed by atoms with Crippen LogP contribution in [0.15, 0.2) is 83.8 Å². The average molecular weight is 515 g/mol. The molecule has 3 aromatic rings. The molecule has 0 saturated carbocycles. The van der Waals surface area contributed by atoms with E-state index < -0.39 is 34.5 Å². The van der Waals surface area contributed by atoms with Crippen molar-refractivity contribution in [1.29, 1.82) is 0 Å². The van der Waals surface area contributed by atoms with E-state index in [2.05, 4.69) is 0 Å². The normalized spacial score (nSPS) is 15.3. The number of methoxy groups -OCH3 is 1. The molecular weight excluding hydrogens is 492 g/mol. The summed E-state index contributed by atoms with van der Waals surface area (Å²) in [5.41, 5.74) is 1.16. The number of hydrogen-bond acceptors (Lipinski definition) is 6. The van der Waals surface area contributed by atoms with E-state index in [1.165, 1.54) is 36.3 Å². The molecule has 1 unspecified atom stereocenters. The monoisotopic (exact) mass is 514 g/mol. The highest BCUT2D eigenvalue weighted by atomic mass is 35.5. The fourth-order valence-corrected chi connectivity index (χ4v) is 5.23. The van der Waals surface area contributed by atoms with E-state index in [9.17, 15) is 18.0 Å². The third-order valence-electron chi connectivity index (χ3n) is 5.50. The molecule has 0 aliphatic carbocycles. The summed E-state index contributed by atoms with van der Waals surface area (Å²) in [4.78, 5) is 27.1. The number of sulfonamides is 1. The Labute approximate surface area is 208 Å². The maximum absolute atomic E-state index is 13.5. The number of carbonyl (C=O) groups is 2. The first-order chi connectivity index (χ1) is 16.8. The van der Waals surface area contributed by atoms with Crippen molar-refractivity contribution in [3.63, 3.8) is 0 Å². The van der Waals surface area contributed by atoms with E-state index in [4.69, 9.17) is 21.1 Å². The van der Waals surface area contributed by atoms with Crippen molar-refractivity contribution in [3.05, 3.63) is 89.4 Å². The summed E-state index contributed by atoms with van der Waals surface area (Å²) < 4.78 is 38.7. The molecule has 0 saturated heterocycles. The van der Waals surface area contributed by atoms with Gasteiger partial charge in [0.25, 0.3) is 0 Å². The van der Waals surface area contributed by atoms with E-state index >= 15 is 0 Å². The molecular formula is C25H23ClN2O6S. The number of rotatable bonds is 7. The summed E-state index contributed by atoms with van der Waals surface area (Å²) in [7, 11) is -2.82. The predicted molar refractivity (Wildman–Crippen MR) is 131 cm³/mol. The zero-order chi connectivity index (χ0) is 25.0. The molecule has 1 heterocycles. The van der Waals surface area contributed by atoms with Crippen LogP contribution in [-0.2, 0) is 30.9 Å². The van der Waals surface area contributed by atoms with E-state index in [0.29, 0.717) is 22.0 Å². The molecule has 0 N–H and O–H groups in total. The predicted octanol–water partition coefficient (Wildman–Crippen LogP) is 3.50. The minimum absolute atomic E-state index is 0.0143. The Bertz CT molecular complexity index is 1320. The number of halogens is 1. The van der Waals surface area contributed by atoms with E-state index in [1.807, 2.05) is 6.07 Å². The standard InChI is InChI=1S/C25H23ClN2O6S/c1-33-25(30)23-16-28(21-9-5-6-10-22(21)34-23)24(29)17-27(15-18-7-3-2-4-8-18)35(31,32)20-13-11-19(26)12-14-20/h2-14,23H,15-17H2,1H3. The lowest BCUT2D eigenvalue weighted by Crippen LogP contribution is -2.50. The highest BCUT2D eigenvalue weighted by Gasteiger charge is 2.36. The summed E-state index contributed by atoms with van der Waals surface area (Å²) in [6, 6.07) is 21.5. The summed E-state index contributed by atoms with van der Waals surface area (Å²) >= 11 is 5.94. The van der Waals surface area contributed by atoms with Crippen molar-refractivity contribution in [2.24, 2.45) is 0 Å². The molecule has 4 rings (SSSR count). The Balaban J connectivity index is 1.67. The van der Waals surface area contributed by atoms with Crippen LogP contribution in [-0.4, -0.2) is 50.9 Å². The SMILES string of the molecule is COC(=O)C1CN(C(=O)CN(Cc2ccccc2)S(=O)(=O)c2ccc(Cl)cc2)c2ccccc2O1. The second-order valence-electron chi connectivity index (χ2n) is 7.81. The molecule has 182 valence electrons. The minimum Gasteiger partial charge on any atom is -0.475 e. The largest absolute Gasteiger partial charge is 0.475 e. The van der Waals surface area contributed by atoms with Gasteiger partial charge in [0.2, 0.25) is 22.0 Å². The van der Waals surface area contributed by atoms with Gasteiger partial charge >= 0.3 is 5.97 Å². The lowest BCUT2D eigenvalue weighted by atomic mass is 10.2. The number of carbonyl (C=O) groups excluding carboxylic acids is 2. The van der Waals surface area contributed by atoms with Gasteiger partial charge in [-0.1, -0.05) is 54.1 Å². The molecule has 0 fully saturated rings. The maximum Gasteiger partial charge on any atom is 0.348 e. The van der Waals surface area contributed by atoms with Gasteiger partial charge in [0, 0.05) is 11.6 Å². The van der Waals surface area contributed by atoms with Gasteiger partial charge in [0.05, 0.1) is 30.8 Å². The van der Waals surface area contributed by atoms with Gasteiger partial charge in [0.1, 0.15) is 5.75 Å². The highest BCUT2D eigenvalue weighted by Crippen LogP contribution is 2.34. The van der Waals surface area contributed by atoms with Crippen LogP contribution in [0.3, 0.4) is 0 Å². The smallest absolute Gasteiger partial charge is 0.348 e. The number of benzene rings is 3. The summed E-state index contributed by atoms with van der Waals surface area (Å²) in [5.74, 6) is -0.812. The van der Waals surface area contributed by atoms with Gasteiger partial charge in [-0.05, 0) is 42.0 Å². The van der Waals surface area contributed by atoms with Gasteiger partial charge in [-0.2, -0.15) is 4.31 Å². The van der Waals surface area contributed by atoms with Crippen LogP contribution in [0.1, 0.15) is 5.56 Å². The number of nitrogens with zero attached hydrogens (tertiary/aromatic N) is 2. The van der Waals surface area contributed by atoms with Gasteiger partial charge < -0.3 is 14.4 Å². The summed E-state index contributed by atoms with van der Waals surface area (Å²) in [5, 5.41) is 0.397. The Kier molecular flexibility index (Phi) is 7.39. The molecule has 0 aromatic heterocycles. The minimum atomic E-state index is -4.06. The molecule has 0 spiro atoms. The van der Waals surface area contributed by atoms with E-state index in [1.54, 1.807) is 48.5 Å². The van der Waals surface area contributed by atoms with Crippen molar-refractivity contribution in [2.75, 3.05) is 25.1 Å². The van der Waals surface area contributed by atoms with Gasteiger partial charge in [-0.15, -0.1) is 0 Å². The van der Waals surface area contributed by atoms with Crippen molar-refractivity contribution < 1.29 is 27.5 Å². The van der Waals surface area contributed by atoms with Gasteiger partial charge in [0.15, 0.2) is 0 Å². The van der Waals surface area contributed by atoms with E-state index in [0.717, 1.165) is 4.31 Å². The topological polar surface area (TPSA) is 93.2 Å². The Morgan fingerprint density at radius 3 is 2.37 bits per heavy atom. The first-order valence-electron chi connectivity index (χ1n) is 10.7. The lowest BCUT2D eigenvalue weighted by molar-refractivity contribution is -0.148. The van der Waals surface area contributed by atoms with Crippen LogP contribution in [0, 0.1) is 0 Å². The number of ether oxygens (including phenoxy) is 2. The Morgan fingerprint density at radius 2 is 1.69 bits per heavy atom. The number of hydrogen-bond donors (Lipinski definition) is 0. The molecule has 1 amide bonds. The summed E-state index contributed by atoms with van der Waals surface area (Å²) in [6.07, 6.45) is -1.03. The third-order valence-corrected chi connectivity index (χ3v) is 7.56. The maximum atomic E-state index is 13.5. The molecule has 1 aliphatic heterocycles. The van der Waals surface area contributed by atoms with Crippen LogP contribution in [0.25, 0.3) is 0 Å². The molecule has 35 heavy (non-hydrogen) atoms. The molecule has 1 atom stereocenters. The third kappa shape index (κ3) is 5.48. The van der Waals surface area contributed by atoms with Crippen LogP contribution < -0.4 is 9.64 Å². The highest BCUT2D eigenvalue weighted by molar-refractivity contribution is 7.89. The zero-order valence-corrected chi connectivity index (χ0v) is 20.4. The first-order valence-corrected chi connectivity index (χ1v) is 12.5. The molecule has 8 nitrogen and oxygen atoms in total. The van der Waals surface area contributed by atoms with Crippen LogP contribution >= 0.6 is 11.6 Å². The molecule has 0 radical (unpaired) electrons. The lowest BCUT2D eigenvalue weighted by Gasteiger charge is -2.34. The Hall–Kier alpha value is -3.40. The number of anilines is 1. The van der Waals surface area contributed by atoms with Gasteiger partial charge in [-0.3, -0.25) is 4.79 Å². The average Bonchev–Trinajstić information content (AvgIpc) is 2.88. The second kappa shape index (κ2) is 10.5. The van der Waals surface area contributed by atoms with Crippen molar-refractivity contribution in [2.45, 2.75) is 17.5 Å². The second-order valence-corrected chi connectivity index (χ2v) is 10.2. The Morgan fingerprint density at radius 1 is 1.03 bits per heavy atom.